The van der Waals surface area contributed by atoms with Crippen LogP contribution in [0.4, 0.5) is 11.4 Å². The lowest BCUT2D eigenvalue weighted by Crippen LogP contribution is -2.28. The quantitative estimate of drug-likeness (QED) is 0.238. The first-order chi connectivity index (χ1) is 19.2. The summed E-state index contributed by atoms with van der Waals surface area (Å²) in [5.41, 5.74) is 11.9. The summed E-state index contributed by atoms with van der Waals surface area (Å²) >= 11 is 6.02. The summed E-state index contributed by atoms with van der Waals surface area (Å²) in [6, 6.07) is 54.1. The fraction of sp³-hybridized carbons (Fsp3) is 0.0270. The molecule has 0 spiro atoms. The van der Waals surface area contributed by atoms with Gasteiger partial charge in [0.25, 0.3) is 0 Å². The third-order valence-corrected chi connectivity index (χ3v) is 8.08. The van der Waals surface area contributed by atoms with Crippen LogP contribution < -0.4 is 5.32 Å². The molecule has 6 aromatic carbocycles. The lowest BCUT2D eigenvalue weighted by Gasteiger charge is -2.34. The van der Waals surface area contributed by atoms with Gasteiger partial charge in [-0.2, -0.15) is 0 Å². The molecule has 6 aromatic rings. The van der Waals surface area contributed by atoms with Crippen LogP contribution in [0.3, 0.4) is 0 Å². The molecule has 0 fully saturated rings. The molecule has 0 saturated heterocycles. The van der Waals surface area contributed by atoms with Gasteiger partial charge in [0.2, 0.25) is 0 Å². The Morgan fingerprint density at radius 1 is 0.410 bits per heavy atom. The third-order valence-electron chi connectivity index (χ3n) is 7.83. The number of rotatable bonds is 5. The van der Waals surface area contributed by atoms with E-state index in [9.17, 15) is 0 Å². The molecule has 186 valence electrons. The molecule has 0 heterocycles. The summed E-state index contributed by atoms with van der Waals surface area (Å²) < 4.78 is 0. The van der Waals surface area contributed by atoms with Gasteiger partial charge in [0.05, 0.1) is 5.41 Å². The average Bonchev–Trinajstić information content (AvgIpc) is 3.31. The van der Waals surface area contributed by atoms with Gasteiger partial charge in [-0.1, -0.05) is 127 Å². The smallest absolute Gasteiger partial charge is 0.0713 e. The van der Waals surface area contributed by atoms with Gasteiger partial charge in [-0.05, 0) is 80.9 Å². The van der Waals surface area contributed by atoms with Gasteiger partial charge in [-0.15, -0.1) is 0 Å². The highest BCUT2D eigenvalue weighted by Crippen LogP contribution is 2.55. The molecular weight excluding hydrogens is 494 g/mol. The van der Waals surface area contributed by atoms with E-state index in [4.69, 9.17) is 11.6 Å². The zero-order valence-corrected chi connectivity index (χ0v) is 22.1. The molecule has 1 nitrogen and oxygen atoms in total. The van der Waals surface area contributed by atoms with E-state index in [0.717, 1.165) is 16.4 Å². The van der Waals surface area contributed by atoms with Crippen LogP contribution in [0.25, 0.3) is 22.3 Å². The van der Waals surface area contributed by atoms with Gasteiger partial charge >= 0.3 is 0 Å². The molecule has 1 aliphatic rings. The maximum absolute atomic E-state index is 6.02. The molecule has 0 atom stereocenters. The summed E-state index contributed by atoms with van der Waals surface area (Å²) in [7, 11) is 0. The molecule has 0 bridgehead atoms. The topological polar surface area (TPSA) is 12.0 Å². The minimum absolute atomic E-state index is 0.362. The minimum atomic E-state index is -0.362. The second-order valence-corrected chi connectivity index (χ2v) is 10.4. The molecule has 7 rings (SSSR count). The van der Waals surface area contributed by atoms with Gasteiger partial charge in [0, 0.05) is 16.4 Å². The van der Waals surface area contributed by atoms with Crippen molar-refractivity contribution in [2.24, 2.45) is 0 Å². The Balaban J connectivity index is 1.29. The molecule has 0 radical (unpaired) electrons. The second-order valence-electron chi connectivity index (χ2n) is 9.99. The summed E-state index contributed by atoms with van der Waals surface area (Å²) in [6.07, 6.45) is 0. The van der Waals surface area contributed by atoms with E-state index in [-0.39, 0.29) is 5.41 Å². The first-order valence-electron chi connectivity index (χ1n) is 13.2. The van der Waals surface area contributed by atoms with Crippen molar-refractivity contribution in [2.75, 3.05) is 5.32 Å². The minimum Gasteiger partial charge on any atom is -0.356 e. The summed E-state index contributed by atoms with van der Waals surface area (Å²) in [5.74, 6) is 0. The van der Waals surface area contributed by atoms with Crippen molar-refractivity contribution in [2.45, 2.75) is 5.41 Å². The van der Waals surface area contributed by atoms with Crippen molar-refractivity contribution in [1.82, 2.24) is 0 Å². The Morgan fingerprint density at radius 2 is 0.846 bits per heavy atom. The Labute approximate surface area is 234 Å². The monoisotopic (exact) mass is 519 g/mol. The molecule has 1 aliphatic carbocycles. The number of nitrogens with one attached hydrogen (secondary N) is 1. The second kappa shape index (κ2) is 9.62. The maximum Gasteiger partial charge on any atom is 0.0713 e. The number of fused-ring (bicyclic) bond motifs is 3. The zero-order valence-electron chi connectivity index (χ0n) is 21.3. The molecule has 0 unspecified atom stereocenters. The highest BCUT2D eigenvalue weighted by Gasteiger charge is 2.45. The molecule has 2 heteroatoms. The predicted molar refractivity (Wildman–Crippen MR) is 164 cm³/mol. The fourth-order valence-electron chi connectivity index (χ4n) is 6.07. The van der Waals surface area contributed by atoms with Crippen LogP contribution in [0.15, 0.2) is 152 Å². The molecule has 0 saturated carbocycles. The Bertz CT molecular complexity index is 1710. The van der Waals surface area contributed by atoms with Crippen molar-refractivity contribution in [3.63, 3.8) is 0 Å². The Morgan fingerprint density at radius 3 is 1.41 bits per heavy atom. The van der Waals surface area contributed by atoms with Crippen LogP contribution in [0, 0.1) is 0 Å². The van der Waals surface area contributed by atoms with Crippen molar-refractivity contribution >= 4 is 23.0 Å². The summed E-state index contributed by atoms with van der Waals surface area (Å²) in [5, 5.41) is 4.17. The van der Waals surface area contributed by atoms with Crippen LogP contribution in [0.1, 0.15) is 22.3 Å². The van der Waals surface area contributed by atoms with Crippen molar-refractivity contribution in [1.29, 1.82) is 0 Å². The molecule has 1 N–H and O–H groups in total. The lowest BCUT2D eigenvalue weighted by atomic mass is 9.67. The van der Waals surface area contributed by atoms with Crippen LogP contribution in [-0.2, 0) is 5.41 Å². The molecule has 0 aliphatic heterocycles. The first-order valence-corrected chi connectivity index (χ1v) is 13.6. The van der Waals surface area contributed by atoms with E-state index < -0.39 is 0 Å². The number of halogens is 1. The van der Waals surface area contributed by atoms with Gasteiger partial charge in [0.15, 0.2) is 0 Å². The SMILES string of the molecule is Clc1ccc(Nc2ccc(-c3ccc(C4(c5ccccc5)c5ccccc5-c5ccccc54)cc3)cc2)cc1. The molecule has 0 amide bonds. The van der Waals surface area contributed by atoms with Crippen molar-refractivity contribution < 1.29 is 0 Å². The Hall–Kier alpha value is -4.59. The van der Waals surface area contributed by atoms with Gasteiger partial charge in [0.1, 0.15) is 0 Å². The number of benzene rings is 6. The standard InChI is InChI=1S/C37H26ClN/c38-30-20-24-32(25-21-30)39-31-22-16-27(17-23-31)26-14-18-29(19-15-26)37(28-8-2-1-3-9-28)35-12-6-4-10-33(35)34-11-5-7-13-36(34)37/h1-25,39H. The maximum atomic E-state index is 6.02. The van der Waals surface area contributed by atoms with Crippen molar-refractivity contribution in [3.05, 3.63) is 179 Å². The van der Waals surface area contributed by atoms with E-state index in [1.807, 2.05) is 24.3 Å². The van der Waals surface area contributed by atoms with Gasteiger partial charge in [-0.3, -0.25) is 0 Å². The summed E-state index contributed by atoms with van der Waals surface area (Å²) in [6.45, 7) is 0. The van der Waals surface area contributed by atoms with E-state index in [2.05, 4.69) is 133 Å². The largest absolute Gasteiger partial charge is 0.356 e. The van der Waals surface area contributed by atoms with Crippen LogP contribution >= 0.6 is 11.6 Å². The zero-order chi connectivity index (χ0) is 26.2. The van der Waals surface area contributed by atoms with Gasteiger partial charge in [-0.25, -0.2) is 0 Å². The van der Waals surface area contributed by atoms with Crippen LogP contribution in [0.2, 0.25) is 5.02 Å². The predicted octanol–water partition coefficient (Wildman–Crippen LogP) is 10.1. The highest BCUT2D eigenvalue weighted by atomic mass is 35.5. The van der Waals surface area contributed by atoms with E-state index in [1.165, 1.54) is 44.5 Å². The molecule has 39 heavy (non-hydrogen) atoms. The lowest BCUT2D eigenvalue weighted by molar-refractivity contribution is 0.768. The first kappa shape index (κ1) is 23.5. The highest BCUT2D eigenvalue weighted by molar-refractivity contribution is 6.30. The van der Waals surface area contributed by atoms with Crippen LogP contribution in [0.5, 0.6) is 0 Å². The Kier molecular flexibility index (Phi) is 5.80. The summed E-state index contributed by atoms with van der Waals surface area (Å²) in [4.78, 5) is 0. The number of hydrogen-bond acceptors (Lipinski definition) is 1. The van der Waals surface area contributed by atoms with E-state index in [1.54, 1.807) is 0 Å². The molecular formula is C37H26ClN. The van der Waals surface area contributed by atoms with E-state index >= 15 is 0 Å². The van der Waals surface area contributed by atoms with Crippen LogP contribution in [-0.4, -0.2) is 0 Å². The number of hydrogen-bond donors (Lipinski definition) is 1. The van der Waals surface area contributed by atoms with E-state index in [0.29, 0.717) is 0 Å². The average molecular weight is 520 g/mol. The third kappa shape index (κ3) is 3.94. The fourth-order valence-corrected chi connectivity index (χ4v) is 6.20. The number of anilines is 2. The van der Waals surface area contributed by atoms with Crippen molar-refractivity contribution in [3.8, 4) is 22.3 Å². The normalized spacial score (nSPS) is 12.9. The molecule has 0 aromatic heterocycles. The van der Waals surface area contributed by atoms with Gasteiger partial charge < -0.3 is 5.32 Å².